The molecule has 0 fully saturated rings. The molecule has 0 saturated carbocycles. The Morgan fingerprint density at radius 3 is 1.81 bits per heavy atom. The van der Waals surface area contributed by atoms with Gasteiger partial charge in [0, 0.05) is 0 Å². The van der Waals surface area contributed by atoms with Crippen LogP contribution in [0.1, 0.15) is 123 Å². The number of carbonyl (C=O) groups is 2. The zero-order chi connectivity index (χ0) is 23.3. The summed E-state index contributed by atoms with van der Waals surface area (Å²) in [5.74, 6) is -1.82. The van der Waals surface area contributed by atoms with Gasteiger partial charge in [-0.2, -0.15) is 0 Å². The Morgan fingerprint density at radius 2 is 1.25 bits per heavy atom. The maximum absolute atomic E-state index is 12.3. The summed E-state index contributed by atoms with van der Waals surface area (Å²) in [6.45, 7) is 4.40. The van der Waals surface area contributed by atoms with Crippen LogP contribution >= 0.6 is 0 Å². The standard InChI is InChI=1S/C28H40O4/c1-3-5-7-9-11-13-15-21-19-23-20-22(27(29)30)17-18-24(23)25(26(21)28(31)32)16-14-12-10-8-6-4-2/h17-20H,3-16H2,1-2H3,(H,29,30)(H,31,32). The number of carboxylic acid groups (broad SMARTS) is 2. The van der Waals surface area contributed by atoms with Gasteiger partial charge in [0.25, 0.3) is 0 Å². The summed E-state index contributed by atoms with van der Waals surface area (Å²) in [7, 11) is 0. The molecule has 0 aliphatic carbocycles. The van der Waals surface area contributed by atoms with E-state index < -0.39 is 11.9 Å². The molecular weight excluding hydrogens is 400 g/mol. The van der Waals surface area contributed by atoms with Crippen molar-refractivity contribution in [2.75, 3.05) is 0 Å². The molecule has 0 aliphatic heterocycles. The highest BCUT2D eigenvalue weighted by atomic mass is 16.4. The topological polar surface area (TPSA) is 74.6 Å². The number of unbranched alkanes of at least 4 members (excludes halogenated alkanes) is 10. The molecular formula is C28H40O4. The summed E-state index contributed by atoms with van der Waals surface area (Å²) >= 11 is 0. The lowest BCUT2D eigenvalue weighted by molar-refractivity contribution is 0.0684. The van der Waals surface area contributed by atoms with Crippen LogP contribution < -0.4 is 0 Å². The lowest BCUT2D eigenvalue weighted by Crippen LogP contribution is -2.09. The van der Waals surface area contributed by atoms with Gasteiger partial charge in [0.15, 0.2) is 0 Å². The first-order valence-corrected chi connectivity index (χ1v) is 12.5. The Balaban J connectivity index is 2.31. The van der Waals surface area contributed by atoms with Crippen molar-refractivity contribution in [1.82, 2.24) is 0 Å². The van der Waals surface area contributed by atoms with Gasteiger partial charge < -0.3 is 10.2 Å². The summed E-state index contributed by atoms with van der Waals surface area (Å²) < 4.78 is 0. The first kappa shape index (κ1) is 25.9. The smallest absolute Gasteiger partial charge is 0.336 e. The number of rotatable bonds is 16. The van der Waals surface area contributed by atoms with Crippen molar-refractivity contribution < 1.29 is 19.8 Å². The predicted molar refractivity (Wildman–Crippen MR) is 132 cm³/mol. The summed E-state index contributed by atoms with van der Waals surface area (Å²) in [4.78, 5) is 23.8. The zero-order valence-electron chi connectivity index (χ0n) is 19.9. The fraction of sp³-hybridized carbons (Fsp3) is 0.571. The number of aryl methyl sites for hydroxylation is 2. The van der Waals surface area contributed by atoms with Gasteiger partial charge in [0.05, 0.1) is 11.1 Å². The van der Waals surface area contributed by atoms with Gasteiger partial charge in [-0.05, 0) is 59.7 Å². The largest absolute Gasteiger partial charge is 0.478 e. The molecule has 2 rings (SSSR count). The number of carboxylic acids is 2. The van der Waals surface area contributed by atoms with Crippen molar-refractivity contribution in [3.63, 3.8) is 0 Å². The van der Waals surface area contributed by atoms with Crippen LogP contribution in [0.5, 0.6) is 0 Å². The van der Waals surface area contributed by atoms with E-state index in [0.29, 0.717) is 5.56 Å². The van der Waals surface area contributed by atoms with Gasteiger partial charge >= 0.3 is 11.9 Å². The molecule has 0 atom stereocenters. The van der Waals surface area contributed by atoms with Crippen molar-refractivity contribution in [2.45, 2.75) is 104 Å². The van der Waals surface area contributed by atoms with E-state index in [1.165, 1.54) is 51.4 Å². The zero-order valence-corrected chi connectivity index (χ0v) is 19.9. The quantitative estimate of drug-likeness (QED) is 0.259. The molecule has 2 aromatic rings. The summed E-state index contributed by atoms with van der Waals surface area (Å²) in [6.07, 6.45) is 15.3. The van der Waals surface area contributed by atoms with Crippen LogP contribution in [-0.4, -0.2) is 22.2 Å². The molecule has 4 heteroatoms. The lowest BCUT2D eigenvalue weighted by atomic mass is 9.88. The van der Waals surface area contributed by atoms with Crippen LogP contribution in [0.2, 0.25) is 0 Å². The molecule has 2 N–H and O–H groups in total. The number of benzene rings is 2. The second-order valence-corrected chi connectivity index (χ2v) is 8.97. The molecule has 0 radical (unpaired) electrons. The Hall–Kier alpha value is -2.36. The molecule has 176 valence electrons. The second-order valence-electron chi connectivity index (χ2n) is 8.97. The van der Waals surface area contributed by atoms with Crippen LogP contribution in [0, 0.1) is 0 Å². The van der Waals surface area contributed by atoms with Crippen molar-refractivity contribution >= 4 is 22.7 Å². The summed E-state index contributed by atoms with van der Waals surface area (Å²) in [5, 5.41) is 21.2. The molecule has 0 spiro atoms. The predicted octanol–water partition coefficient (Wildman–Crippen LogP) is 8.04. The van der Waals surface area contributed by atoms with Crippen LogP contribution in [0.4, 0.5) is 0 Å². The highest BCUT2D eigenvalue weighted by Gasteiger charge is 2.19. The van der Waals surface area contributed by atoms with Crippen LogP contribution in [0.15, 0.2) is 24.3 Å². The lowest BCUT2D eigenvalue weighted by Gasteiger charge is -2.16. The fourth-order valence-electron chi connectivity index (χ4n) is 4.58. The Kier molecular flexibility index (Phi) is 11.3. The summed E-state index contributed by atoms with van der Waals surface area (Å²) in [5.41, 5.74) is 2.42. The third-order valence-corrected chi connectivity index (χ3v) is 6.37. The minimum atomic E-state index is -0.954. The highest BCUT2D eigenvalue weighted by molar-refractivity contribution is 6.02. The maximum Gasteiger partial charge on any atom is 0.336 e. The Bertz CT molecular complexity index is 885. The second kappa shape index (κ2) is 13.9. The van der Waals surface area contributed by atoms with E-state index in [9.17, 15) is 19.8 Å². The number of fused-ring (bicyclic) bond motifs is 1. The Labute approximate surface area is 193 Å². The van der Waals surface area contributed by atoms with E-state index in [-0.39, 0.29) is 5.56 Å². The average Bonchev–Trinajstić information content (AvgIpc) is 2.77. The molecule has 0 aliphatic rings. The monoisotopic (exact) mass is 440 g/mol. The third-order valence-electron chi connectivity index (χ3n) is 6.37. The molecule has 4 nitrogen and oxygen atoms in total. The van der Waals surface area contributed by atoms with Crippen LogP contribution in [0.3, 0.4) is 0 Å². The molecule has 0 bridgehead atoms. The van der Waals surface area contributed by atoms with Crippen LogP contribution in [-0.2, 0) is 12.8 Å². The van der Waals surface area contributed by atoms with E-state index in [1.54, 1.807) is 18.2 Å². The van der Waals surface area contributed by atoms with E-state index in [2.05, 4.69) is 13.8 Å². The number of hydrogen-bond donors (Lipinski definition) is 2. The SMILES string of the molecule is CCCCCCCCc1cc2cc(C(=O)O)ccc2c(CCCCCCCC)c1C(=O)O. The fourth-order valence-corrected chi connectivity index (χ4v) is 4.58. The van der Waals surface area contributed by atoms with Gasteiger partial charge in [-0.25, -0.2) is 9.59 Å². The van der Waals surface area contributed by atoms with Crippen molar-refractivity contribution in [1.29, 1.82) is 0 Å². The number of aromatic carboxylic acids is 2. The molecule has 0 amide bonds. The van der Waals surface area contributed by atoms with Gasteiger partial charge in [-0.3, -0.25) is 0 Å². The normalized spacial score (nSPS) is 11.2. The van der Waals surface area contributed by atoms with Gasteiger partial charge in [0.2, 0.25) is 0 Å². The minimum absolute atomic E-state index is 0.247. The van der Waals surface area contributed by atoms with Gasteiger partial charge in [0.1, 0.15) is 0 Å². The molecule has 0 heterocycles. The highest BCUT2D eigenvalue weighted by Crippen LogP contribution is 2.30. The van der Waals surface area contributed by atoms with E-state index in [1.807, 2.05) is 6.07 Å². The van der Waals surface area contributed by atoms with Crippen molar-refractivity contribution in [2.24, 2.45) is 0 Å². The van der Waals surface area contributed by atoms with E-state index in [4.69, 9.17) is 0 Å². The first-order valence-electron chi connectivity index (χ1n) is 12.5. The molecule has 2 aromatic carbocycles. The van der Waals surface area contributed by atoms with Gasteiger partial charge in [-0.15, -0.1) is 0 Å². The van der Waals surface area contributed by atoms with Crippen molar-refractivity contribution in [3.05, 3.63) is 46.5 Å². The minimum Gasteiger partial charge on any atom is -0.478 e. The van der Waals surface area contributed by atoms with Crippen molar-refractivity contribution in [3.8, 4) is 0 Å². The van der Waals surface area contributed by atoms with Crippen LogP contribution in [0.25, 0.3) is 10.8 Å². The number of hydrogen-bond acceptors (Lipinski definition) is 2. The molecule has 0 saturated heterocycles. The third kappa shape index (κ3) is 7.65. The van der Waals surface area contributed by atoms with E-state index in [0.717, 1.165) is 60.4 Å². The first-order chi connectivity index (χ1) is 15.5. The molecule has 32 heavy (non-hydrogen) atoms. The average molecular weight is 441 g/mol. The summed E-state index contributed by atoms with van der Waals surface area (Å²) in [6, 6.07) is 7.00. The maximum atomic E-state index is 12.3. The molecule has 0 unspecified atom stereocenters. The Morgan fingerprint density at radius 1 is 0.688 bits per heavy atom. The van der Waals surface area contributed by atoms with Gasteiger partial charge in [-0.1, -0.05) is 90.2 Å². The van der Waals surface area contributed by atoms with E-state index >= 15 is 0 Å². The molecule has 0 aromatic heterocycles.